The number of esters is 2. The predicted molar refractivity (Wildman–Crippen MR) is 233 cm³/mol. The molecule has 0 aliphatic carbocycles. The van der Waals surface area contributed by atoms with Crippen LogP contribution in [0.1, 0.15) is 135 Å². The number of unbranched alkanes of at least 4 members (excludes halogenated alkanes) is 14. The zero-order valence-corrected chi connectivity index (χ0v) is 37.2. The van der Waals surface area contributed by atoms with Crippen LogP contribution in [0.3, 0.4) is 0 Å². The highest BCUT2D eigenvalue weighted by Gasteiger charge is 2.30. The van der Waals surface area contributed by atoms with Gasteiger partial charge in [0.15, 0.2) is 5.94 Å². The molecule has 0 fully saturated rings. The molecule has 0 amide bonds. The van der Waals surface area contributed by atoms with E-state index in [-0.39, 0.29) is 43.1 Å². The van der Waals surface area contributed by atoms with E-state index in [1.165, 1.54) is 23.5 Å². The van der Waals surface area contributed by atoms with Crippen LogP contribution in [0.2, 0.25) is 0 Å². The average Bonchev–Trinajstić information content (AvgIpc) is 3.65. The third-order valence-electron chi connectivity index (χ3n) is 9.13. The fourth-order valence-electron chi connectivity index (χ4n) is 5.99. The number of nitriles is 2. The van der Waals surface area contributed by atoms with Crippen molar-refractivity contribution >= 4 is 41.4 Å². The molecule has 1 aromatic carbocycles. The fourth-order valence-corrected chi connectivity index (χ4v) is 8.57. The highest BCUT2D eigenvalue weighted by atomic mass is 32.2. The molecule has 11 nitrogen and oxygen atoms in total. The Labute approximate surface area is 360 Å². The number of allylic oxidation sites excluding steroid dienone is 2. The maximum Gasteiger partial charge on any atom is 0.305 e. The van der Waals surface area contributed by atoms with Gasteiger partial charge in [-0.05, 0) is 63.7 Å². The third-order valence-corrected chi connectivity index (χ3v) is 11.7. The summed E-state index contributed by atoms with van der Waals surface area (Å²) >= 11 is 2.82. The Kier molecular flexibility index (Phi) is 27.4. The average molecular weight is 853 g/mol. The van der Waals surface area contributed by atoms with Crippen LogP contribution in [0.15, 0.2) is 55.7 Å². The van der Waals surface area contributed by atoms with E-state index < -0.39 is 0 Å². The number of rotatable bonds is 34. The molecule has 1 aromatic rings. The van der Waals surface area contributed by atoms with Gasteiger partial charge in [-0.2, -0.15) is 10.5 Å². The van der Waals surface area contributed by atoms with Crippen molar-refractivity contribution in [2.24, 2.45) is 0 Å². The van der Waals surface area contributed by atoms with Crippen molar-refractivity contribution in [2.45, 2.75) is 146 Å². The standard InChI is InChI=1S/C46H64N2O9S2/c1-35(2)34-52-26-27-55-41(50)22-18-14-10-6-8-12-16-20-24-53-39-30-37(5)43(45-44(39)58-46(59-45)38(31-47)32-48)57-25-21-17-13-9-7-11-15-19-23-42(51)56-29-28-54-40(33-49)36(3)4/h30H,1,3,6-29,34H2,2,4-5H3. The molecule has 324 valence electrons. The van der Waals surface area contributed by atoms with Gasteiger partial charge < -0.3 is 28.4 Å². The van der Waals surface area contributed by atoms with E-state index in [9.17, 15) is 24.9 Å². The third kappa shape index (κ3) is 22.2. The van der Waals surface area contributed by atoms with Crippen LogP contribution >= 0.6 is 23.5 Å². The Morgan fingerprint density at radius 1 is 0.644 bits per heavy atom. The lowest BCUT2D eigenvalue weighted by Gasteiger charge is -2.16. The van der Waals surface area contributed by atoms with E-state index in [2.05, 4.69) is 13.2 Å². The van der Waals surface area contributed by atoms with E-state index in [0.29, 0.717) is 49.1 Å². The molecule has 2 rings (SSSR count). The summed E-state index contributed by atoms with van der Waals surface area (Å²) in [5.41, 5.74) is 2.49. The Morgan fingerprint density at radius 3 is 1.63 bits per heavy atom. The summed E-state index contributed by atoms with van der Waals surface area (Å²) in [5, 5.41) is 19.1. The highest BCUT2D eigenvalue weighted by molar-refractivity contribution is 8.24. The van der Waals surface area contributed by atoms with Crippen LogP contribution in [-0.2, 0) is 33.3 Å². The molecule has 0 atom stereocenters. The Hall–Kier alpha value is -4.13. The molecule has 0 unspecified atom stereocenters. The molecular formula is C46H64N2O9S2. The number of carbonyl (C=O) groups is 2. The van der Waals surface area contributed by atoms with E-state index in [4.69, 9.17) is 28.4 Å². The molecule has 1 aliphatic heterocycles. The summed E-state index contributed by atoms with van der Waals surface area (Å²) in [7, 11) is 0. The number of thioether (sulfide) groups is 2. The van der Waals surface area contributed by atoms with Crippen molar-refractivity contribution in [1.82, 2.24) is 0 Å². The number of benzene rings is 1. The Bertz CT molecular complexity index is 1650. The number of nitrogens with zero attached hydrogens (tertiary/aromatic N) is 2. The molecule has 0 aromatic heterocycles. The van der Waals surface area contributed by atoms with Crippen molar-refractivity contribution in [2.75, 3.05) is 46.2 Å². The number of ether oxygens (including phenoxy) is 6. The molecule has 0 bridgehead atoms. The lowest BCUT2D eigenvalue weighted by Crippen LogP contribution is -2.11. The van der Waals surface area contributed by atoms with Crippen LogP contribution < -0.4 is 9.47 Å². The molecule has 0 spiro atoms. The fraction of sp³-hybridized carbons (Fsp3) is 0.609. The number of hydrogen-bond donors (Lipinski definition) is 0. The van der Waals surface area contributed by atoms with Crippen molar-refractivity contribution in [3.05, 3.63) is 51.5 Å². The van der Waals surface area contributed by atoms with Gasteiger partial charge in [0.05, 0.1) is 40.5 Å². The zero-order chi connectivity index (χ0) is 43.1. The molecule has 13 heteroatoms. The minimum atomic E-state index is -0.263. The summed E-state index contributed by atoms with van der Waals surface area (Å²) in [6, 6.07) is 6.07. The van der Waals surface area contributed by atoms with Crippen LogP contribution in [-0.4, -0.2) is 64.1 Å². The highest BCUT2D eigenvalue weighted by Crippen LogP contribution is 2.59. The summed E-state index contributed by atoms with van der Waals surface area (Å²) < 4.78 is 34.2. The number of hydrogen-bond acceptors (Lipinski definition) is 13. The van der Waals surface area contributed by atoms with Gasteiger partial charge in [0.2, 0.25) is 5.76 Å². The summed E-state index contributed by atoms with van der Waals surface area (Å²) in [6.45, 7) is 15.5. The maximum absolute atomic E-state index is 11.9. The lowest BCUT2D eigenvalue weighted by atomic mass is 10.1. The topological polar surface area (TPSA) is 154 Å². The maximum atomic E-state index is 11.9. The van der Waals surface area contributed by atoms with Gasteiger partial charge in [0.1, 0.15) is 49.0 Å². The second-order valence-corrected chi connectivity index (χ2v) is 16.9. The number of carbonyl (C=O) groups excluding carboxylic acids is 3. The molecule has 0 N–H and O–H groups in total. The molecule has 1 aliphatic rings. The lowest BCUT2D eigenvalue weighted by molar-refractivity contribution is -0.146. The van der Waals surface area contributed by atoms with Crippen LogP contribution in [0.25, 0.3) is 0 Å². The van der Waals surface area contributed by atoms with Gasteiger partial charge in [-0.3, -0.25) is 9.59 Å². The van der Waals surface area contributed by atoms with Gasteiger partial charge in [-0.25, -0.2) is 4.79 Å². The smallest absolute Gasteiger partial charge is 0.305 e. The Balaban J connectivity index is 1.63. The van der Waals surface area contributed by atoms with Gasteiger partial charge in [0, 0.05) is 12.8 Å². The molecule has 1 heterocycles. The van der Waals surface area contributed by atoms with Crippen molar-refractivity contribution in [3.8, 4) is 23.6 Å². The first-order valence-electron chi connectivity index (χ1n) is 21.0. The molecule has 0 saturated heterocycles. The van der Waals surface area contributed by atoms with Crippen LogP contribution in [0, 0.1) is 29.6 Å². The minimum absolute atomic E-state index is 0.0478. The largest absolute Gasteiger partial charge is 0.492 e. The molecule has 59 heavy (non-hydrogen) atoms. The van der Waals surface area contributed by atoms with E-state index in [1.54, 1.807) is 12.9 Å². The van der Waals surface area contributed by atoms with Crippen LogP contribution in [0.4, 0.5) is 0 Å². The predicted octanol–water partition coefficient (Wildman–Crippen LogP) is 11.2. The van der Waals surface area contributed by atoms with E-state index in [1.807, 2.05) is 32.1 Å². The molecule has 0 radical (unpaired) electrons. The van der Waals surface area contributed by atoms with Crippen molar-refractivity contribution in [1.29, 1.82) is 10.5 Å². The summed E-state index contributed by atoms with van der Waals surface area (Å²) in [4.78, 5) is 36.3. The zero-order valence-electron chi connectivity index (χ0n) is 35.6. The first kappa shape index (κ1) is 51.0. The van der Waals surface area contributed by atoms with E-state index in [0.717, 1.165) is 135 Å². The number of fused-ring (bicyclic) bond motifs is 1. The first-order valence-corrected chi connectivity index (χ1v) is 22.6. The van der Waals surface area contributed by atoms with Gasteiger partial charge in [0.25, 0.3) is 0 Å². The summed E-state index contributed by atoms with van der Waals surface area (Å²) in [5.74, 6) is 2.85. The SMILES string of the molecule is C=C(C)COCCOC(=O)CCCCCCCCCCOc1cc(C)c(OCCCCCCCCCCC(=O)OCCOC(=C=O)C(=C)C)c2c1SC(=C(C#N)C#N)S2. The second-order valence-electron chi connectivity index (χ2n) is 14.6. The van der Waals surface area contributed by atoms with Crippen molar-refractivity contribution in [3.63, 3.8) is 0 Å². The monoisotopic (exact) mass is 852 g/mol. The van der Waals surface area contributed by atoms with Gasteiger partial charge in [-0.15, -0.1) is 0 Å². The second kappa shape index (κ2) is 31.7. The normalized spacial score (nSPS) is 11.4. The summed E-state index contributed by atoms with van der Waals surface area (Å²) in [6.07, 6.45) is 17.3. The first-order chi connectivity index (χ1) is 28.6. The number of aryl methyl sites for hydroxylation is 1. The van der Waals surface area contributed by atoms with Gasteiger partial charge >= 0.3 is 11.9 Å². The van der Waals surface area contributed by atoms with Gasteiger partial charge in [-0.1, -0.05) is 119 Å². The quantitative estimate of drug-likeness (QED) is 0.0123. The molecular weight excluding hydrogens is 789 g/mol. The van der Waals surface area contributed by atoms with Crippen LogP contribution in [0.5, 0.6) is 11.5 Å². The molecule has 0 saturated carbocycles. The minimum Gasteiger partial charge on any atom is -0.492 e. The van der Waals surface area contributed by atoms with Crippen molar-refractivity contribution < 1.29 is 42.8 Å². The van der Waals surface area contributed by atoms with E-state index >= 15 is 0 Å². The Morgan fingerprint density at radius 2 is 1.12 bits per heavy atom.